The van der Waals surface area contributed by atoms with Crippen LogP contribution in [0.2, 0.25) is 0 Å². The molecule has 1 heterocycles. The summed E-state index contributed by atoms with van der Waals surface area (Å²) in [6.45, 7) is 6.16. The van der Waals surface area contributed by atoms with Crippen LogP contribution in [0.15, 0.2) is 18.3 Å². The van der Waals surface area contributed by atoms with Crippen LogP contribution in [-0.2, 0) is 22.1 Å². The van der Waals surface area contributed by atoms with Gasteiger partial charge in [-0.25, -0.2) is 8.42 Å². The molecule has 0 saturated heterocycles. The molecule has 2 N–H and O–H groups in total. The van der Waals surface area contributed by atoms with E-state index in [1.54, 1.807) is 12.3 Å². The first-order valence-corrected chi connectivity index (χ1v) is 7.38. The van der Waals surface area contributed by atoms with Gasteiger partial charge in [-0.3, -0.25) is 4.98 Å². The predicted molar refractivity (Wildman–Crippen MR) is 69.1 cm³/mol. The first kappa shape index (κ1) is 14.1. The number of rotatable bonds is 4. The van der Waals surface area contributed by atoms with Crippen molar-refractivity contribution in [2.45, 2.75) is 33.1 Å². The standard InChI is InChI=1S/C12H20N2O2S/c1-12(2,3)9-17(15,16)8-11-5-4-10(6-13)7-14-11/h4-5,7H,6,8-9,13H2,1-3H3. The highest BCUT2D eigenvalue weighted by Gasteiger charge is 2.22. The van der Waals surface area contributed by atoms with Crippen molar-refractivity contribution < 1.29 is 8.42 Å². The predicted octanol–water partition coefficient (Wildman–Crippen LogP) is 1.50. The van der Waals surface area contributed by atoms with E-state index in [4.69, 9.17) is 5.73 Å². The van der Waals surface area contributed by atoms with Gasteiger partial charge in [-0.1, -0.05) is 26.8 Å². The van der Waals surface area contributed by atoms with Crippen molar-refractivity contribution >= 4 is 9.84 Å². The number of sulfone groups is 1. The lowest BCUT2D eigenvalue weighted by atomic mass is 10.0. The van der Waals surface area contributed by atoms with Gasteiger partial charge in [-0.05, 0) is 17.0 Å². The number of aromatic nitrogens is 1. The second kappa shape index (κ2) is 5.14. The molecule has 0 aromatic carbocycles. The maximum absolute atomic E-state index is 11.9. The highest BCUT2D eigenvalue weighted by atomic mass is 32.2. The highest BCUT2D eigenvalue weighted by Crippen LogP contribution is 2.18. The number of pyridine rings is 1. The lowest BCUT2D eigenvalue weighted by molar-refractivity contribution is 0.461. The topological polar surface area (TPSA) is 73.0 Å². The molecule has 96 valence electrons. The molecule has 0 aliphatic heterocycles. The largest absolute Gasteiger partial charge is 0.326 e. The van der Waals surface area contributed by atoms with Gasteiger partial charge in [0.15, 0.2) is 9.84 Å². The Morgan fingerprint density at radius 1 is 1.29 bits per heavy atom. The summed E-state index contributed by atoms with van der Waals surface area (Å²) in [6.07, 6.45) is 1.63. The summed E-state index contributed by atoms with van der Waals surface area (Å²) in [7, 11) is -3.11. The van der Waals surface area contributed by atoms with E-state index < -0.39 is 9.84 Å². The maximum atomic E-state index is 11.9. The van der Waals surface area contributed by atoms with Gasteiger partial charge in [0.05, 0.1) is 17.2 Å². The van der Waals surface area contributed by atoms with Crippen molar-refractivity contribution in [3.63, 3.8) is 0 Å². The molecule has 0 unspecified atom stereocenters. The van der Waals surface area contributed by atoms with E-state index in [9.17, 15) is 8.42 Å². The van der Waals surface area contributed by atoms with E-state index >= 15 is 0 Å². The first-order valence-electron chi connectivity index (χ1n) is 5.56. The molecule has 1 rings (SSSR count). The van der Waals surface area contributed by atoms with E-state index in [0.717, 1.165) is 5.56 Å². The van der Waals surface area contributed by atoms with Gasteiger partial charge < -0.3 is 5.73 Å². The Labute approximate surface area is 103 Å². The SMILES string of the molecule is CC(C)(C)CS(=O)(=O)Cc1ccc(CN)cn1. The van der Waals surface area contributed by atoms with Gasteiger partial charge in [0, 0.05) is 12.7 Å². The van der Waals surface area contributed by atoms with Crippen LogP contribution in [0.1, 0.15) is 32.0 Å². The lowest BCUT2D eigenvalue weighted by Gasteiger charge is -2.17. The van der Waals surface area contributed by atoms with Gasteiger partial charge in [-0.2, -0.15) is 0 Å². The quantitative estimate of drug-likeness (QED) is 0.886. The highest BCUT2D eigenvalue weighted by molar-refractivity contribution is 7.90. The zero-order chi connectivity index (χ0) is 13.1. The summed E-state index contributed by atoms with van der Waals surface area (Å²) in [5, 5.41) is 0. The third-order valence-corrected chi connectivity index (χ3v) is 4.18. The second-order valence-electron chi connectivity index (χ2n) is 5.45. The van der Waals surface area contributed by atoms with E-state index in [2.05, 4.69) is 4.98 Å². The van der Waals surface area contributed by atoms with Crippen LogP contribution in [0, 0.1) is 5.41 Å². The molecule has 17 heavy (non-hydrogen) atoms. The second-order valence-corrected chi connectivity index (χ2v) is 7.52. The summed E-state index contributed by atoms with van der Waals surface area (Å²) >= 11 is 0. The Morgan fingerprint density at radius 3 is 2.35 bits per heavy atom. The average molecular weight is 256 g/mol. The molecule has 0 saturated carbocycles. The van der Waals surface area contributed by atoms with Crippen molar-refractivity contribution in [2.75, 3.05) is 5.75 Å². The minimum Gasteiger partial charge on any atom is -0.326 e. The van der Waals surface area contributed by atoms with Crippen LogP contribution in [0.25, 0.3) is 0 Å². The summed E-state index contributed by atoms with van der Waals surface area (Å²) in [5.74, 6) is 0.162. The van der Waals surface area contributed by atoms with E-state index in [1.165, 1.54) is 0 Å². The number of nitrogens with zero attached hydrogens (tertiary/aromatic N) is 1. The molecule has 0 radical (unpaired) electrons. The van der Waals surface area contributed by atoms with Gasteiger partial charge in [0.2, 0.25) is 0 Å². The zero-order valence-corrected chi connectivity index (χ0v) is 11.4. The Morgan fingerprint density at radius 2 is 1.94 bits per heavy atom. The summed E-state index contributed by atoms with van der Waals surface area (Å²) in [4.78, 5) is 4.11. The normalized spacial score (nSPS) is 12.7. The van der Waals surface area contributed by atoms with Crippen molar-refractivity contribution in [1.29, 1.82) is 0 Å². The fraction of sp³-hybridized carbons (Fsp3) is 0.583. The molecule has 0 atom stereocenters. The van der Waals surface area contributed by atoms with Gasteiger partial charge in [0.1, 0.15) is 0 Å². The molecule has 0 fully saturated rings. The smallest absolute Gasteiger partial charge is 0.156 e. The Kier molecular flexibility index (Phi) is 4.27. The van der Waals surface area contributed by atoms with Crippen LogP contribution in [0.3, 0.4) is 0 Å². The molecular formula is C12H20N2O2S. The maximum Gasteiger partial charge on any atom is 0.156 e. The van der Waals surface area contributed by atoms with Crippen molar-refractivity contribution in [2.24, 2.45) is 11.1 Å². The molecule has 1 aromatic rings. The first-order chi connectivity index (χ1) is 7.72. The number of hydrogen-bond donors (Lipinski definition) is 1. The van der Waals surface area contributed by atoms with Gasteiger partial charge in [-0.15, -0.1) is 0 Å². The van der Waals surface area contributed by atoms with Crippen LogP contribution in [-0.4, -0.2) is 19.2 Å². The van der Waals surface area contributed by atoms with Crippen LogP contribution in [0.4, 0.5) is 0 Å². The summed E-state index contributed by atoms with van der Waals surface area (Å²) in [6, 6.07) is 3.54. The molecule has 0 aliphatic rings. The van der Waals surface area contributed by atoms with Crippen LogP contribution < -0.4 is 5.73 Å². The zero-order valence-electron chi connectivity index (χ0n) is 10.6. The van der Waals surface area contributed by atoms with Crippen molar-refractivity contribution in [1.82, 2.24) is 4.98 Å². The van der Waals surface area contributed by atoms with Crippen LogP contribution in [0.5, 0.6) is 0 Å². The fourth-order valence-electron chi connectivity index (χ4n) is 1.60. The molecule has 0 aliphatic carbocycles. The van der Waals surface area contributed by atoms with Gasteiger partial charge >= 0.3 is 0 Å². The molecule has 5 heteroatoms. The monoisotopic (exact) mass is 256 g/mol. The molecule has 0 amide bonds. The van der Waals surface area contributed by atoms with E-state index in [1.807, 2.05) is 26.8 Å². The van der Waals surface area contributed by atoms with Gasteiger partial charge in [0.25, 0.3) is 0 Å². The number of nitrogens with two attached hydrogens (primary N) is 1. The fourth-order valence-corrected chi connectivity index (χ4v) is 3.64. The average Bonchev–Trinajstić information content (AvgIpc) is 2.14. The Balaban J connectivity index is 2.76. The van der Waals surface area contributed by atoms with E-state index in [-0.39, 0.29) is 16.9 Å². The Bertz CT molecular complexity index is 458. The van der Waals surface area contributed by atoms with Crippen molar-refractivity contribution in [3.8, 4) is 0 Å². The van der Waals surface area contributed by atoms with Crippen LogP contribution >= 0.6 is 0 Å². The summed E-state index contributed by atoms with van der Waals surface area (Å²) < 4.78 is 23.8. The van der Waals surface area contributed by atoms with E-state index in [0.29, 0.717) is 12.2 Å². The third kappa shape index (κ3) is 5.28. The Hall–Kier alpha value is -0.940. The minimum absolute atomic E-state index is 0.00484. The third-order valence-electron chi connectivity index (χ3n) is 2.14. The molecular weight excluding hydrogens is 236 g/mol. The summed E-state index contributed by atoms with van der Waals surface area (Å²) in [5.41, 5.74) is 6.71. The molecule has 1 aromatic heterocycles. The minimum atomic E-state index is -3.11. The molecule has 0 bridgehead atoms. The molecule has 0 spiro atoms. The lowest BCUT2D eigenvalue weighted by Crippen LogP contribution is -2.22. The van der Waals surface area contributed by atoms with Crippen molar-refractivity contribution in [3.05, 3.63) is 29.6 Å². The number of hydrogen-bond acceptors (Lipinski definition) is 4. The molecule has 4 nitrogen and oxygen atoms in total.